The molecule has 1 aliphatic heterocycles. The number of aliphatic hydroxyl groups excluding tert-OH is 1. The van der Waals surface area contributed by atoms with Crippen molar-refractivity contribution in [2.24, 2.45) is 5.92 Å². The average Bonchev–Trinajstić information content (AvgIpc) is 2.96. The molecule has 0 saturated carbocycles. The molecule has 1 fully saturated rings. The van der Waals surface area contributed by atoms with Gasteiger partial charge in [0.2, 0.25) is 0 Å². The Morgan fingerprint density at radius 1 is 1.48 bits per heavy atom. The maximum Gasteiger partial charge on any atom is 0.387 e. The second-order valence-electron chi connectivity index (χ2n) is 5.35. The quantitative estimate of drug-likeness (QED) is 0.478. The molecule has 0 aliphatic carbocycles. The molecule has 9 nitrogen and oxygen atoms in total. The number of nitro groups is 1. The van der Waals surface area contributed by atoms with Crippen molar-refractivity contribution in [3.05, 3.63) is 27.8 Å². The lowest BCUT2D eigenvalue weighted by atomic mass is 10.1. The van der Waals surface area contributed by atoms with Gasteiger partial charge >= 0.3 is 6.61 Å². The lowest BCUT2D eigenvalue weighted by Gasteiger charge is -2.15. The molecule has 25 heavy (non-hydrogen) atoms. The number of ether oxygens (including phenoxy) is 2. The third-order valence-corrected chi connectivity index (χ3v) is 3.77. The van der Waals surface area contributed by atoms with Crippen LogP contribution in [0.2, 0.25) is 0 Å². The van der Waals surface area contributed by atoms with Gasteiger partial charge in [-0.3, -0.25) is 14.9 Å². The smallest absolute Gasteiger partial charge is 0.387 e. The van der Waals surface area contributed by atoms with E-state index in [-0.39, 0.29) is 23.8 Å². The van der Waals surface area contributed by atoms with Crippen molar-refractivity contribution in [2.45, 2.75) is 12.7 Å². The van der Waals surface area contributed by atoms with Gasteiger partial charge in [0.1, 0.15) is 5.56 Å². The first kappa shape index (κ1) is 18.8. The van der Waals surface area contributed by atoms with E-state index >= 15 is 0 Å². The first-order chi connectivity index (χ1) is 11.8. The molecule has 1 heterocycles. The third kappa shape index (κ3) is 4.51. The molecule has 1 aromatic carbocycles. The fourth-order valence-electron chi connectivity index (χ4n) is 2.48. The molecule has 3 N–H and O–H groups in total. The molecule has 2 unspecified atom stereocenters. The highest BCUT2D eigenvalue weighted by atomic mass is 19.3. The summed E-state index contributed by atoms with van der Waals surface area (Å²) in [4.78, 5) is 22.6. The Balaban J connectivity index is 2.25. The number of carbonyl (C=O) groups is 1. The molecule has 0 bridgehead atoms. The van der Waals surface area contributed by atoms with Crippen LogP contribution >= 0.6 is 0 Å². The zero-order valence-corrected chi connectivity index (χ0v) is 13.2. The molecule has 1 amide bonds. The number of aliphatic hydroxyl groups is 1. The number of nitro benzene ring substituents is 1. The van der Waals surface area contributed by atoms with Crippen LogP contribution in [0.1, 0.15) is 10.4 Å². The number of halogens is 2. The van der Waals surface area contributed by atoms with Gasteiger partial charge in [-0.05, 0) is 0 Å². The lowest BCUT2D eigenvalue weighted by Crippen LogP contribution is -2.34. The van der Waals surface area contributed by atoms with Crippen LogP contribution in [0.4, 0.5) is 14.5 Å². The molecule has 0 radical (unpaired) electrons. The zero-order valence-electron chi connectivity index (χ0n) is 13.2. The number of nitrogens with zero attached hydrogens (tertiary/aromatic N) is 1. The van der Waals surface area contributed by atoms with E-state index in [4.69, 9.17) is 4.74 Å². The fourth-order valence-corrected chi connectivity index (χ4v) is 2.48. The van der Waals surface area contributed by atoms with Gasteiger partial charge in [-0.1, -0.05) is 0 Å². The zero-order chi connectivity index (χ0) is 18.6. The van der Waals surface area contributed by atoms with Gasteiger partial charge in [0.15, 0.2) is 11.5 Å². The van der Waals surface area contributed by atoms with Crippen LogP contribution < -0.4 is 20.1 Å². The molecule has 2 rings (SSSR count). The van der Waals surface area contributed by atoms with E-state index in [0.717, 1.165) is 13.2 Å². The summed E-state index contributed by atoms with van der Waals surface area (Å²) in [7, 11) is 1.15. The normalized spacial score (nSPS) is 19.7. The van der Waals surface area contributed by atoms with E-state index in [9.17, 15) is 28.8 Å². The maximum atomic E-state index is 12.4. The van der Waals surface area contributed by atoms with Crippen LogP contribution in [0.25, 0.3) is 0 Å². The van der Waals surface area contributed by atoms with Gasteiger partial charge in [0.05, 0.1) is 24.2 Å². The lowest BCUT2D eigenvalue weighted by molar-refractivity contribution is -0.385. The van der Waals surface area contributed by atoms with Gasteiger partial charge in [-0.2, -0.15) is 8.78 Å². The van der Waals surface area contributed by atoms with E-state index in [1.807, 2.05) is 0 Å². The minimum Gasteiger partial charge on any atom is -0.493 e. The van der Waals surface area contributed by atoms with Crippen molar-refractivity contribution < 1.29 is 33.1 Å². The van der Waals surface area contributed by atoms with Gasteiger partial charge < -0.3 is 25.2 Å². The minimum absolute atomic E-state index is 0.0990. The molecular formula is C14H17F2N3O6. The monoisotopic (exact) mass is 361 g/mol. The summed E-state index contributed by atoms with van der Waals surface area (Å²) in [6.45, 7) is -2.21. The second-order valence-corrected chi connectivity index (χ2v) is 5.35. The van der Waals surface area contributed by atoms with Gasteiger partial charge in [0.25, 0.3) is 11.6 Å². The molecule has 1 aliphatic rings. The highest BCUT2D eigenvalue weighted by Crippen LogP contribution is 2.35. The van der Waals surface area contributed by atoms with Crippen LogP contribution in [0.3, 0.4) is 0 Å². The molecular weight excluding hydrogens is 344 g/mol. The molecule has 1 aromatic rings. The van der Waals surface area contributed by atoms with E-state index in [1.54, 1.807) is 0 Å². The van der Waals surface area contributed by atoms with E-state index in [1.165, 1.54) is 0 Å². The van der Waals surface area contributed by atoms with Gasteiger partial charge in [0, 0.05) is 31.6 Å². The number of amides is 1. The number of hydrogen-bond acceptors (Lipinski definition) is 7. The predicted molar refractivity (Wildman–Crippen MR) is 81.0 cm³/mol. The van der Waals surface area contributed by atoms with Crippen LogP contribution in [0, 0.1) is 16.0 Å². The van der Waals surface area contributed by atoms with Crippen molar-refractivity contribution in [2.75, 3.05) is 26.7 Å². The molecule has 0 spiro atoms. The number of nitrogens with one attached hydrogen (secondary N) is 2. The van der Waals surface area contributed by atoms with Crippen LogP contribution in [0.15, 0.2) is 12.1 Å². The first-order valence-corrected chi connectivity index (χ1v) is 7.31. The number of methoxy groups -OCH3 is 1. The Labute approximate surface area is 141 Å². The summed E-state index contributed by atoms with van der Waals surface area (Å²) >= 11 is 0. The van der Waals surface area contributed by atoms with Gasteiger partial charge in [-0.25, -0.2) is 0 Å². The number of β-amino-alcohol motifs (C(OH)–C–C–N with tert-alkyl or cyclic N) is 1. The van der Waals surface area contributed by atoms with Crippen LogP contribution in [0.5, 0.6) is 11.5 Å². The van der Waals surface area contributed by atoms with Crippen molar-refractivity contribution in [1.82, 2.24) is 10.6 Å². The Bertz CT molecular complexity index is 658. The Morgan fingerprint density at radius 2 is 2.20 bits per heavy atom. The van der Waals surface area contributed by atoms with Gasteiger partial charge in [-0.15, -0.1) is 0 Å². The SMILES string of the molecule is COc1cc(C(=O)NCC2CNCC2O)c([N+](=O)[O-])cc1OC(F)F. The standard InChI is InChI=1S/C14H17F2N3O6/c1-24-11-2-8(9(19(22)23)3-12(11)25-14(15)16)13(21)18-5-7-4-17-6-10(7)20/h2-3,7,10,14,17,20H,4-6H2,1H3,(H,18,21). The number of benzene rings is 1. The summed E-state index contributed by atoms with van der Waals surface area (Å²) in [6, 6.07) is 1.68. The summed E-state index contributed by atoms with van der Waals surface area (Å²) < 4.78 is 33.8. The topological polar surface area (TPSA) is 123 Å². The van der Waals surface area contributed by atoms with Crippen molar-refractivity contribution in [1.29, 1.82) is 0 Å². The van der Waals surface area contributed by atoms with E-state index in [2.05, 4.69) is 15.4 Å². The predicted octanol–water partition coefficient (Wildman–Crippen LogP) is 0.515. The molecule has 1 saturated heterocycles. The molecule has 2 atom stereocenters. The van der Waals surface area contributed by atoms with Crippen molar-refractivity contribution >= 4 is 11.6 Å². The van der Waals surface area contributed by atoms with Crippen LogP contribution in [-0.4, -0.2) is 55.4 Å². The number of hydrogen-bond donors (Lipinski definition) is 3. The largest absolute Gasteiger partial charge is 0.493 e. The summed E-state index contributed by atoms with van der Waals surface area (Å²) in [6.07, 6.45) is -0.633. The third-order valence-electron chi connectivity index (χ3n) is 3.77. The highest BCUT2D eigenvalue weighted by molar-refractivity contribution is 5.99. The molecule has 11 heteroatoms. The Hall–Kier alpha value is -2.53. The summed E-state index contributed by atoms with van der Waals surface area (Å²) in [5.74, 6) is -1.80. The van der Waals surface area contributed by atoms with Crippen molar-refractivity contribution in [3.63, 3.8) is 0 Å². The Morgan fingerprint density at radius 3 is 2.72 bits per heavy atom. The Kier molecular flexibility index (Phi) is 6.04. The summed E-state index contributed by atoms with van der Waals surface area (Å²) in [5, 5.41) is 26.3. The van der Waals surface area contributed by atoms with Crippen LogP contribution in [-0.2, 0) is 0 Å². The second kappa shape index (κ2) is 8.03. The first-order valence-electron chi connectivity index (χ1n) is 7.31. The molecule has 138 valence electrons. The fraction of sp³-hybridized carbons (Fsp3) is 0.500. The highest BCUT2D eigenvalue weighted by Gasteiger charge is 2.28. The number of rotatable bonds is 7. The number of carbonyl (C=O) groups excluding carboxylic acids is 1. The minimum atomic E-state index is -3.20. The van der Waals surface area contributed by atoms with E-state index in [0.29, 0.717) is 19.2 Å². The van der Waals surface area contributed by atoms with E-state index < -0.39 is 35.0 Å². The average molecular weight is 361 g/mol. The summed E-state index contributed by atoms with van der Waals surface area (Å²) in [5.41, 5.74) is -1.05. The van der Waals surface area contributed by atoms with Crippen molar-refractivity contribution in [3.8, 4) is 11.5 Å². The molecule has 0 aromatic heterocycles. The number of alkyl halides is 2. The maximum absolute atomic E-state index is 12.4.